The average molecular weight is 368 g/mol. The first kappa shape index (κ1) is 16.7. The van der Waals surface area contributed by atoms with Crippen LogP contribution in [0, 0.1) is 13.8 Å². The van der Waals surface area contributed by atoms with E-state index in [2.05, 4.69) is 17.1 Å². The summed E-state index contributed by atoms with van der Waals surface area (Å²) in [6, 6.07) is 11.1. The van der Waals surface area contributed by atoms with Crippen molar-refractivity contribution < 1.29 is 18.7 Å². The highest BCUT2D eigenvalue weighted by Crippen LogP contribution is 2.33. The minimum atomic E-state index is -0.0424. The van der Waals surface area contributed by atoms with Gasteiger partial charge in [0.05, 0.1) is 5.75 Å². The molecule has 132 valence electrons. The van der Waals surface area contributed by atoms with Crippen LogP contribution in [-0.4, -0.2) is 28.5 Å². The fourth-order valence-corrected chi connectivity index (χ4v) is 3.20. The minimum absolute atomic E-state index is 0.0424. The molecule has 0 atom stereocenters. The van der Waals surface area contributed by atoms with Crippen LogP contribution < -0.4 is 9.47 Å². The second-order valence-corrected chi connectivity index (χ2v) is 6.88. The zero-order valence-corrected chi connectivity index (χ0v) is 15.1. The maximum atomic E-state index is 12.4. The highest BCUT2D eigenvalue weighted by molar-refractivity contribution is 7.99. The van der Waals surface area contributed by atoms with Crippen molar-refractivity contribution in [1.82, 2.24) is 10.2 Å². The lowest BCUT2D eigenvalue weighted by Crippen LogP contribution is -2.02. The van der Waals surface area contributed by atoms with Gasteiger partial charge < -0.3 is 13.9 Å². The number of rotatable bonds is 5. The molecule has 0 bridgehead atoms. The standard InChI is InChI=1S/C19H16N2O4S/c1-11-3-4-14(7-12(11)2)18-20-21-19(25-18)26-9-15(22)13-5-6-16-17(8-13)24-10-23-16/h3-8H,9-10H2,1-2H3. The molecule has 0 saturated heterocycles. The van der Waals surface area contributed by atoms with Crippen molar-refractivity contribution in [3.63, 3.8) is 0 Å². The van der Waals surface area contributed by atoms with Crippen LogP contribution in [0.5, 0.6) is 11.5 Å². The topological polar surface area (TPSA) is 74.5 Å². The van der Waals surface area contributed by atoms with Gasteiger partial charge in [0.15, 0.2) is 17.3 Å². The number of carbonyl (C=O) groups is 1. The van der Waals surface area contributed by atoms with Gasteiger partial charge in [-0.1, -0.05) is 17.8 Å². The Labute approximate surface area is 154 Å². The van der Waals surface area contributed by atoms with E-state index in [0.29, 0.717) is 28.2 Å². The number of carbonyl (C=O) groups excluding carboxylic acids is 1. The highest BCUT2D eigenvalue weighted by atomic mass is 32.2. The van der Waals surface area contributed by atoms with Crippen molar-refractivity contribution in [2.75, 3.05) is 12.5 Å². The minimum Gasteiger partial charge on any atom is -0.454 e. The summed E-state index contributed by atoms with van der Waals surface area (Å²) in [5.74, 6) is 1.86. The summed E-state index contributed by atoms with van der Waals surface area (Å²) in [5.41, 5.74) is 3.80. The normalized spacial score (nSPS) is 12.4. The third-order valence-electron chi connectivity index (χ3n) is 4.18. The van der Waals surface area contributed by atoms with E-state index in [1.165, 1.54) is 17.3 Å². The fraction of sp³-hybridized carbons (Fsp3) is 0.211. The Morgan fingerprint density at radius 3 is 2.73 bits per heavy atom. The van der Waals surface area contributed by atoms with Gasteiger partial charge in [0, 0.05) is 11.1 Å². The zero-order chi connectivity index (χ0) is 18.1. The van der Waals surface area contributed by atoms with E-state index >= 15 is 0 Å². The number of fused-ring (bicyclic) bond motifs is 1. The molecule has 4 rings (SSSR count). The van der Waals surface area contributed by atoms with Crippen LogP contribution in [0.4, 0.5) is 0 Å². The Hall–Kier alpha value is -2.80. The van der Waals surface area contributed by atoms with Crippen LogP contribution in [0.15, 0.2) is 46.0 Å². The molecule has 0 aliphatic carbocycles. The van der Waals surface area contributed by atoms with Gasteiger partial charge in [-0.15, -0.1) is 10.2 Å². The summed E-state index contributed by atoms with van der Waals surface area (Å²) in [6.45, 7) is 4.27. The van der Waals surface area contributed by atoms with Crippen LogP contribution in [0.2, 0.25) is 0 Å². The number of hydrogen-bond acceptors (Lipinski definition) is 7. The van der Waals surface area contributed by atoms with Crippen LogP contribution in [-0.2, 0) is 0 Å². The van der Waals surface area contributed by atoms with Gasteiger partial charge in [0.25, 0.3) is 5.22 Å². The molecule has 1 aliphatic rings. The zero-order valence-electron chi connectivity index (χ0n) is 14.3. The van der Waals surface area contributed by atoms with Gasteiger partial charge >= 0.3 is 0 Å². The lowest BCUT2D eigenvalue weighted by Gasteiger charge is -2.01. The maximum absolute atomic E-state index is 12.4. The second kappa shape index (κ2) is 6.84. The summed E-state index contributed by atoms with van der Waals surface area (Å²) in [4.78, 5) is 12.4. The van der Waals surface area contributed by atoms with E-state index in [-0.39, 0.29) is 18.3 Å². The molecule has 7 heteroatoms. The van der Waals surface area contributed by atoms with E-state index in [0.717, 1.165) is 11.1 Å². The van der Waals surface area contributed by atoms with Crippen LogP contribution in [0.3, 0.4) is 0 Å². The van der Waals surface area contributed by atoms with Gasteiger partial charge in [-0.25, -0.2) is 0 Å². The summed E-state index contributed by atoms with van der Waals surface area (Å²) in [6.07, 6.45) is 0. The molecule has 6 nitrogen and oxygen atoms in total. The Morgan fingerprint density at radius 2 is 1.88 bits per heavy atom. The maximum Gasteiger partial charge on any atom is 0.277 e. The molecule has 26 heavy (non-hydrogen) atoms. The number of thioether (sulfide) groups is 1. The molecule has 3 aromatic rings. The lowest BCUT2D eigenvalue weighted by atomic mass is 10.1. The molecular weight excluding hydrogens is 352 g/mol. The van der Waals surface area contributed by atoms with E-state index in [1.807, 2.05) is 25.1 Å². The Bertz CT molecular complexity index is 983. The third kappa shape index (κ3) is 3.30. The third-order valence-corrected chi connectivity index (χ3v) is 5.00. The predicted octanol–water partition coefficient (Wildman–Crippen LogP) is 4.06. The van der Waals surface area contributed by atoms with Gasteiger partial charge in [-0.2, -0.15) is 0 Å². The number of hydrogen-bond donors (Lipinski definition) is 0. The molecule has 0 amide bonds. The summed E-state index contributed by atoms with van der Waals surface area (Å²) in [5, 5.41) is 8.46. The van der Waals surface area contributed by atoms with Gasteiger partial charge in [-0.3, -0.25) is 4.79 Å². The second-order valence-electron chi connectivity index (χ2n) is 5.95. The number of ether oxygens (including phenoxy) is 2. The summed E-state index contributed by atoms with van der Waals surface area (Å²) in [7, 11) is 0. The van der Waals surface area contributed by atoms with Crippen molar-refractivity contribution in [3.05, 3.63) is 53.1 Å². The van der Waals surface area contributed by atoms with Crippen LogP contribution in [0.25, 0.3) is 11.5 Å². The summed E-state index contributed by atoms with van der Waals surface area (Å²) >= 11 is 1.22. The van der Waals surface area contributed by atoms with Crippen molar-refractivity contribution >= 4 is 17.5 Å². The SMILES string of the molecule is Cc1ccc(-c2nnc(SCC(=O)c3ccc4c(c3)OCO4)o2)cc1C. The number of Topliss-reactive ketones (excluding diaryl/α,β-unsaturated/α-hetero) is 1. The molecule has 1 aliphatic heterocycles. The molecule has 0 N–H and O–H groups in total. The molecule has 0 unspecified atom stereocenters. The number of ketones is 1. The molecule has 0 spiro atoms. The van der Waals surface area contributed by atoms with Crippen molar-refractivity contribution in [1.29, 1.82) is 0 Å². The van der Waals surface area contributed by atoms with Gasteiger partial charge in [0.2, 0.25) is 12.7 Å². The number of benzene rings is 2. The molecule has 0 fully saturated rings. The average Bonchev–Trinajstić information content (AvgIpc) is 3.30. The number of aryl methyl sites for hydroxylation is 2. The van der Waals surface area contributed by atoms with Crippen LogP contribution in [0.1, 0.15) is 21.5 Å². The largest absolute Gasteiger partial charge is 0.454 e. The quantitative estimate of drug-likeness (QED) is 0.497. The first-order chi connectivity index (χ1) is 12.6. The smallest absolute Gasteiger partial charge is 0.277 e. The fourth-order valence-electron chi connectivity index (χ4n) is 2.54. The molecular formula is C19H16N2O4S. The van der Waals surface area contributed by atoms with Crippen molar-refractivity contribution in [3.8, 4) is 23.0 Å². The Morgan fingerprint density at radius 1 is 1.04 bits per heavy atom. The molecule has 2 aromatic carbocycles. The Balaban J connectivity index is 1.43. The van der Waals surface area contributed by atoms with Gasteiger partial charge in [-0.05, 0) is 55.3 Å². The predicted molar refractivity (Wildman–Crippen MR) is 96.8 cm³/mol. The number of nitrogens with zero attached hydrogens (tertiary/aromatic N) is 2. The monoisotopic (exact) mass is 368 g/mol. The molecule has 1 aromatic heterocycles. The Kier molecular flexibility index (Phi) is 4.38. The molecule has 0 radical (unpaired) electrons. The van der Waals surface area contributed by atoms with E-state index in [1.54, 1.807) is 18.2 Å². The number of aromatic nitrogens is 2. The van der Waals surface area contributed by atoms with Crippen molar-refractivity contribution in [2.24, 2.45) is 0 Å². The van der Waals surface area contributed by atoms with E-state index in [9.17, 15) is 4.79 Å². The highest BCUT2D eigenvalue weighted by Gasteiger charge is 2.17. The van der Waals surface area contributed by atoms with E-state index in [4.69, 9.17) is 13.9 Å². The van der Waals surface area contributed by atoms with E-state index < -0.39 is 0 Å². The molecule has 0 saturated carbocycles. The first-order valence-corrected chi connectivity index (χ1v) is 9.05. The summed E-state index contributed by atoms with van der Waals surface area (Å²) < 4.78 is 16.2. The first-order valence-electron chi connectivity index (χ1n) is 8.07. The van der Waals surface area contributed by atoms with Crippen molar-refractivity contribution in [2.45, 2.75) is 19.1 Å². The van der Waals surface area contributed by atoms with Gasteiger partial charge in [0.1, 0.15) is 0 Å². The van der Waals surface area contributed by atoms with Crippen LogP contribution >= 0.6 is 11.8 Å². The molecule has 2 heterocycles. The lowest BCUT2D eigenvalue weighted by molar-refractivity contribution is 0.102.